The number of ether oxygens (including phenoxy) is 1. The average molecular weight is 226 g/mol. The molecule has 1 atom stereocenters. The molecule has 0 N–H and O–H groups in total. The third kappa shape index (κ3) is 3.21. The van der Waals surface area contributed by atoms with Gasteiger partial charge in [-0.25, -0.2) is 0 Å². The van der Waals surface area contributed by atoms with Crippen LogP contribution in [0, 0.1) is 17.4 Å². The van der Waals surface area contributed by atoms with Crippen molar-refractivity contribution in [2.24, 2.45) is 10.9 Å². The van der Waals surface area contributed by atoms with Crippen LogP contribution in [-0.2, 0) is 4.74 Å². The zero-order chi connectivity index (χ0) is 11.9. The summed E-state index contributed by atoms with van der Waals surface area (Å²) in [5, 5.41) is 8.71. The van der Waals surface area contributed by atoms with E-state index in [2.05, 4.69) is 22.9 Å². The van der Waals surface area contributed by atoms with Crippen LogP contribution < -0.4 is 0 Å². The summed E-state index contributed by atoms with van der Waals surface area (Å²) >= 11 is 0. The minimum Gasteiger partial charge on any atom is -0.438 e. The third-order valence-corrected chi connectivity index (χ3v) is 2.79. The molecule has 0 aromatic rings. The first-order valence-corrected chi connectivity index (χ1v) is 5.80. The van der Waals surface area contributed by atoms with E-state index in [0.717, 1.165) is 25.0 Å². The Labute approximate surface area is 101 Å². The summed E-state index contributed by atoms with van der Waals surface area (Å²) in [5.74, 6) is 1.49. The highest BCUT2D eigenvalue weighted by Crippen LogP contribution is 2.22. The van der Waals surface area contributed by atoms with Crippen molar-refractivity contribution in [2.45, 2.75) is 25.7 Å². The average Bonchev–Trinajstić information content (AvgIpc) is 2.40. The predicted molar refractivity (Wildman–Crippen MR) is 66.0 cm³/mol. The van der Waals surface area contributed by atoms with Crippen LogP contribution in [0.2, 0.25) is 0 Å². The molecule has 0 saturated carbocycles. The second kappa shape index (κ2) is 5.89. The van der Waals surface area contributed by atoms with E-state index in [1.165, 1.54) is 0 Å². The number of hydrogen-bond donors (Lipinski definition) is 0. The minimum atomic E-state index is 0.222. The van der Waals surface area contributed by atoms with Gasteiger partial charge in [0, 0.05) is 12.3 Å². The zero-order valence-corrected chi connectivity index (χ0v) is 9.60. The molecule has 0 saturated heterocycles. The van der Waals surface area contributed by atoms with Crippen molar-refractivity contribution in [2.75, 3.05) is 0 Å². The molecule has 0 aromatic heterocycles. The first kappa shape index (κ1) is 11.4. The molecule has 3 nitrogen and oxygen atoms in total. The lowest BCUT2D eigenvalue weighted by atomic mass is 9.94. The Kier molecular flexibility index (Phi) is 3.96. The monoisotopic (exact) mass is 226 g/mol. The highest BCUT2D eigenvalue weighted by atomic mass is 16.5. The van der Waals surface area contributed by atoms with E-state index >= 15 is 0 Å². The van der Waals surface area contributed by atoms with Crippen molar-refractivity contribution >= 4 is 5.90 Å². The fourth-order valence-corrected chi connectivity index (χ4v) is 1.91. The van der Waals surface area contributed by atoms with Gasteiger partial charge in [-0.1, -0.05) is 30.0 Å². The maximum absolute atomic E-state index is 8.71. The van der Waals surface area contributed by atoms with Gasteiger partial charge >= 0.3 is 0 Å². The third-order valence-electron chi connectivity index (χ3n) is 2.79. The predicted octanol–water partition coefficient (Wildman–Crippen LogP) is 3.24. The van der Waals surface area contributed by atoms with E-state index < -0.39 is 0 Å². The van der Waals surface area contributed by atoms with E-state index in [1.807, 2.05) is 24.4 Å². The summed E-state index contributed by atoms with van der Waals surface area (Å²) in [7, 11) is 0. The van der Waals surface area contributed by atoms with Crippen molar-refractivity contribution < 1.29 is 4.74 Å². The molecular weight excluding hydrogens is 212 g/mol. The number of aliphatic imine (C=N–C) groups is 1. The van der Waals surface area contributed by atoms with Gasteiger partial charge in [-0.05, 0) is 25.3 Å². The molecule has 0 spiro atoms. The lowest BCUT2D eigenvalue weighted by molar-refractivity contribution is 0.361. The van der Waals surface area contributed by atoms with Crippen LogP contribution in [0.1, 0.15) is 25.7 Å². The van der Waals surface area contributed by atoms with Gasteiger partial charge in [-0.15, -0.1) is 4.99 Å². The van der Waals surface area contributed by atoms with E-state index in [1.54, 1.807) is 0 Å². The quantitative estimate of drug-likeness (QED) is 0.238. The molecule has 0 bridgehead atoms. The van der Waals surface area contributed by atoms with E-state index in [-0.39, 0.29) is 5.92 Å². The van der Waals surface area contributed by atoms with Gasteiger partial charge in [-0.3, -0.25) is 0 Å². The Bertz CT molecular complexity index is 471. The molecule has 0 heterocycles. The van der Waals surface area contributed by atoms with Crippen LogP contribution in [0.3, 0.4) is 0 Å². The summed E-state index contributed by atoms with van der Waals surface area (Å²) in [6.45, 7) is 0. The molecule has 2 aliphatic rings. The summed E-state index contributed by atoms with van der Waals surface area (Å²) in [6, 6.07) is 0. The smallest absolute Gasteiger partial charge is 0.209 e. The number of nitriles is 1. The lowest BCUT2D eigenvalue weighted by Crippen LogP contribution is -2.19. The Hall–Kier alpha value is -2.04. The normalized spacial score (nSPS) is 23.1. The first-order chi connectivity index (χ1) is 8.40. The molecule has 0 aromatic carbocycles. The second-order valence-electron chi connectivity index (χ2n) is 4.00. The fourth-order valence-electron chi connectivity index (χ4n) is 1.91. The van der Waals surface area contributed by atoms with Crippen molar-refractivity contribution in [3.8, 4) is 6.19 Å². The van der Waals surface area contributed by atoms with Gasteiger partial charge in [-0.2, -0.15) is 5.26 Å². The van der Waals surface area contributed by atoms with Crippen LogP contribution in [0.5, 0.6) is 0 Å². The Morgan fingerprint density at radius 3 is 3.06 bits per heavy atom. The molecule has 1 unspecified atom stereocenters. The standard InChI is InChI=1S/C14H14N2O/c15-11-16-14(12-7-3-1-4-8-12)17-13-9-5-2-6-10-13/h1-3,5-6,12H,4,7-9H2. The molecule has 2 rings (SSSR count). The van der Waals surface area contributed by atoms with Gasteiger partial charge < -0.3 is 4.74 Å². The topological polar surface area (TPSA) is 45.4 Å². The van der Waals surface area contributed by atoms with Crippen molar-refractivity contribution in [3.05, 3.63) is 41.9 Å². The Balaban J connectivity index is 2.08. The number of allylic oxidation sites excluding steroid dienone is 4. The molecule has 0 aliphatic heterocycles. The summed E-state index contributed by atoms with van der Waals surface area (Å²) in [4.78, 5) is 3.81. The van der Waals surface area contributed by atoms with Gasteiger partial charge in [0.05, 0.1) is 0 Å². The molecule has 0 amide bonds. The van der Waals surface area contributed by atoms with Gasteiger partial charge in [0.1, 0.15) is 0 Å². The van der Waals surface area contributed by atoms with Crippen LogP contribution in [0.4, 0.5) is 0 Å². The molecule has 86 valence electrons. The molecule has 0 radical (unpaired) electrons. The van der Waals surface area contributed by atoms with E-state index in [9.17, 15) is 0 Å². The maximum Gasteiger partial charge on any atom is 0.209 e. The molecule has 3 heteroatoms. The molecule has 2 aliphatic carbocycles. The van der Waals surface area contributed by atoms with Crippen molar-refractivity contribution in [1.82, 2.24) is 0 Å². The highest BCUT2D eigenvalue weighted by molar-refractivity contribution is 5.81. The van der Waals surface area contributed by atoms with E-state index in [4.69, 9.17) is 10.00 Å². The summed E-state index contributed by atoms with van der Waals surface area (Å²) in [6.07, 6.45) is 15.5. The maximum atomic E-state index is 8.71. The van der Waals surface area contributed by atoms with Crippen LogP contribution in [0.15, 0.2) is 46.9 Å². The summed E-state index contributed by atoms with van der Waals surface area (Å²) in [5.41, 5.74) is 3.02. The Morgan fingerprint density at radius 1 is 1.47 bits per heavy atom. The fraction of sp³-hybridized carbons (Fsp3) is 0.357. The van der Waals surface area contributed by atoms with Crippen LogP contribution in [0.25, 0.3) is 0 Å². The van der Waals surface area contributed by atoms with Crippen LogP contribution in [-0.4, -0.2) is 5.90 Å². The van der Waals surface area contributed by atoms with Gasteiger partial charge in [0.25, 0.3) is 0 Å². The van der Waals surface area contributed by atoms with Gasteiger partial charge in [0.15, 0.2) is 5.76 Å². The lowest BCUT2D eigenvalue weighted by Gasteiger charge is -2.19. The SMILES string of the molecule is N#CN=C(OC1=C=CC=CC1)C1CC=CCC1. The van der Waals surface area contributed by atoms with Crippen molar-refractivity contribution in [1.29, 1.82) is 5.26 Å². The molecule has 0 fully saturated rings. The first-order valence-electron chi connectivity index (χ1n) is 5.80. The zero-order valence-electron chi connectivity index (χ0n) is 9.60. The summed E-state index contributed by atoms with van der Waals surface area (Å²) < 4.78 is 5.69. The van der Waals surface area contributed by atoms with E-state index in [0.29, 0.717) is 12.3 Å². The molecule has 17 heavy (non-hydrogen) atoms. The molecular formula is C14H14N2O. The number of nitrogens with zero attached hydrogens (tertiary/aromatic N) is 2. The largest absolute Gasteiger partial charge is 0.438 e. The highest BCUT2D eigenvalue weighted by Gasteiger charge is 2.19. The number of hydrogen-bond acceptors (Lipinski definition) is 3. The number of rotatable bonds is 2. The van der Waals surface area contributed by atoms with Gasteiger partial charge in [0.2, 0.25) is 12.1 Å². The van der Waals surface area contributed by atoms with Crippen molar-refractivity contribution in [3.63, 3.8) is 0 Å². The Morgan fingerprint density at radius 2 is 2.41 bits per heavy atom. The van der Waals surface area contributed by atoms with Crippen LogP contribution >= 0.6 is 0 Å². The minimum absolute atomic E-state index is 0.222. The second-order valence-corrected chi connectivity index (χ2v) is 4.00.